The molecule has 3 rings (SSSR count). The molecule has 6 heteroatoms. The van der Waals surface area contributed by atoms with E-state index in [4.69, 9.17) is 20.8 Å². The number of nitrogens with zero attached hydrogens (tertiary/aromatic N) is 2. The number of ether oxygens (including phenoxy) is 1. The second-order valence-corrected chi connectivity index (χ2v) is 5.56. The predicted molar refractivity (Wildman–Crippen MR) is 91.1 cm³/mol. The van der Waals surface area contributed by atoms with Crippen molar-refractivity contribution in [3.63, 3.8) is 0 Å². The van der Waals surface area contributed by atoms with Gasteiger partial charge in [0.25, 0.3) is 0 Å². The summed E-state index contributed by atoms with van der Waals surface area (Å²) in [6.45, 7) is 0.280. The Morgan fingerprint density at radius 1 is 1.33 bits per heavy atom. The minimum absolute atomic E-state index is 0.177. The first kappa shape index (κ1) is 16.1. The van der Waals surface area contributed by atoms with E-state index in [0.717, 1.165) is 0 Å². The first-order chi connectivity index (χ1) is 11.6. The van der Waals surface area contributed by atoms with Crippen LogP contribution in [-0.2, 0) is 13.7 Å². The zero-order chi connectivity index (χ0) is 16.9. The lowest BCUT2D eigenvalue weighted by molar-refractivity contribution is 0.104. The van der Waals surface area contributed by atoms with Crippen LogP contribution in [0.5, 0.6) is 5.75 Å². The molecule has 0 aliphatic heterocycles. The molecule has 0 aliphatic carbocycles. The average Bonchev–Trinajstić information content (AvgIpc) is 3.20. The van der Waals surface area contributed by atoms with E-state index >= 15 is 0 Å². The number of aryl methyl sites for hydroxylation is 1. The van der Waals surface area contributed by atoms with Gasteiger partial charge in [0.15, 0.2) is 0 Å². The summed E-state index contributed by atoms with van der Waals surface area (Å²) >= 11 is 5.90. The van der Waals surface area contributed by atoms with Gasteiger partial charge in [-0.1, -0.05) is 17.7 Å². The maximum atomic E-state index is 11.9. The lowest BCUT2D eigenvalue weighted by Crippen LogP contribution is -1.97. The number of hydrogen-bond acceptors (Lipinski definition) is 4. The highest BCUT2D eigenvalue weighted by Crippen LogP contribution is 2.19. The molecule has 0 fully saturated rings. The standard InChI is InChI=1S/C18H15ClN2O3/c1-21-10-9-17(20-21)18(22)8-7-14-5-6-16(24-14)12-23-15-4-2-3-13(19)11-15/h2-11H,12H2,1H3/b8-7-. The molecule has 122 valence electrons. The Labute approximate surface area is 144 Å². The number of benzene rings is 1. The third-order valence-electron chi connectivity index (χ3n) is 3.22. The molecule has 0 saturated carbocycles. The van der Waals surface area contributed by atoms with Crippen molar-refractivity contribution in [2.24, 2.45) is 7.05 Å². The summed E-state index contributed by atoms with van der Waals surface area (Å²) in [4.78, 5) is 11.9. The highest BCUT2D eigenvalue weighted by molar-refractivity contribution is 6.30. The molecule has 0 unspecified atom stereocenters. The van der Waals surface area contributed by atoms with Crippen LogP contribution in [0.2, 0.25) is 5.02 Å². The number of carbonyl (C=O) groups is 1. The van der Waals surface area contributed by atoms with Crippen LogP contribution in [0.15, 0.2) is 59.2 Å². The largest absolute Gasteiger partial charge is 0.486 e. The van der Waals surface area contributed by atoms with E-state index in [9.17, 15) is 4.79 Å². The van der Waals surface area contributed by atoms with Crippen molar-refractivity contribution in [1.82, 2.24) is 9.78 Å². The number of allylic oxidation sites excluding steroid dienone is 1. The Balaban J connectivity index is 1.59. The smallest absolute Gasteiger partial charge is 0.206 e. The van der Waals surface area contributed by atoms with Crippen LogP contribution in [0.25, 0.3) is 6.08 Å². The summed E-state index contributed by atoms with van der Waals surface area (Å²) in [5.74, 6) is 1.72. The van der Waals surface area contributed by atoms with E-state index in [1.54, 1.807) is 54.3 Å². The van der Waals surface area contributed by atoms with Gasteiger partial charge >= 0.3 is 0 Å². The normalized spacial score (nSPS) is 11.1. The van der Waals surface area contributed by atoms with Gasteiger partial charge in [0.2, 0.25) is 5.78 Å². The Hall–Kier alpha value is -2.79. The van der Waals surface area contributed by atoms with Crippen LogP contribution >= 0.6 is 11.6 Å². The number of hydrogen-bond donors (Lipinski definition) is 0. The first-order valence-electron chi connectivity index (χ1n) is 7.29. The van der Waals surface area contributed by atoms with Crippen molar-refractivity contribution in [3.05, 3.63) is 77.0 Å². The van der Waals surface area contributed by atoms with Crippen LogP contribution in [-0.4, -0.2) is 15.6 Å². The van der Waals surface area contributed by atoms with Crippen molar-refractivity contribution >= 4 is 23.5 Å². The van der Waals surface area contributed by atoms with Crippen LogP contribution in [0.3, 0.4) is 0 Å². The molecule has 0 atom stereocenters. The lowest BCUT2D eigenvalue weighted by Gasteiger charge is -2.03. The molecule has 3 aromatic rings. The summed E-state index contributed by atoms with van der Waals surface area (Å²) in [6.07, 6.45) is 4.77. The van der Waals surface area contributed by atoms with Gasteiger partial charge in [0.1, 0.15) is 29.6 Å². The SMILES string of the molecule is Cn1ccc(C(=O)/C=C\c2ccc(COc3cccc(Cl)c3)o2)n1. The second kappa shape index (κ2) is 7.19. The lowest BCUT2D eigenvalue weighted by atomic mass is 10.2. The average molecular weight is 343 g/mol. The molecule has 0 spiro atoms. The first-order valence-corrected chi connectivity index (χ1v) is 7.67. The minimum Gasteiger partial charge on any atom is -0.486 e. The second-order valence-electron chi connectivity index (χ2n) is 5.12. The summed E-state index contributed by atoms with van der Waals surface area (Å²) in [6, 6.07) is 12.4. The summed E-state index contributed by atoms with van der Waals surface area (Å²) in [7, 11) is 1.76. The van der Waals surface area contributed by atoms with Crippen molar-refractivity contribution in [1.29, 1.82) is 0 Å². The fraction of sp³-hybridized carbons (Fsp3) is 0.111. The third-order valence-corrected chi connectivity index (χ3v) is 3.46. The van der Waals surface area contributed by atoms with Crippen LogP contribution in [0.1, 0.15) is 22.0 Å². The molecular formula is C18H15ClN2O3. The fourth-order valence-electron chi connectivity index (χ4n) is 2.06. The number of ketones is 1. The summed E-state index contributed by atoms with van der Waals surface area (Å²) < 4.78 is 12.8. The number of halogens is 1. The van der Waals surface area contributed by atoms with Gasteiger partial charge in [-0.15, -0.1) is 0 Å². The highest BCUT2D eigenvalue weighted by Gasteiger charge is 2.06. The van der Waals surface area contributed by atoms with Crippen molar-refractivity contribution in [2.45, 2.75) is 6.61 Å². The summed E-state index contributed by atoms with van der Waals surface area (Å²) in [5.41, 5.74) is 0.393. The molecule has 1 aromatic carbocycles. The molecule has 2 aromatic heterocycles. The number of carbonyl (C=O) groups excluding carboxylic acids is 1. The zero-order valence-corrected chi connectivity index (χ0v) is 13.7. The van der Waals surface area contributed by atoms with Gasteiger partial charge < -0.3 is 9.15 Å². The maximum Gasteiger partial charge on any atom is 0.206 e. The molecule has 0 N–H and O–H groups in total. The van der Waals surface area contributed by atoms with Crippen LogP contribution < -0.4 is 4.74 Å². The van der Waals surface area contributed by atoms with E-state index in [-0.39, 0.29) is 12.4 Å². The monoisotopic (exact) mass is 342 g/mol. The number of aromatic nitrogens is 2. The van der Waals surface area contributed by atoms with Gasteiger partial charge in [0.05, 0.1) is 0 Å². The zero-order valence-electron chi connectivity index (χ0n) is 13.0. The summed E-state index contributed by atoms with van der Waals surface area (Å²) in [5, 5.41) is 4.67. The Morgan fingerprint density at radius 2 is 2.21 bits per heavy atom. The van der Waals surface area contributed by atoms with Gasteiger partial charge in [-0.05, 0) is 48.6 Å². The van der Waals surface area contributed by atoms with Gasteiger partial charge in [-0.25, -0.2) is 0 Å². The number of furan rings is 1. The molecular weight excluding hydrogens is 328 g/mol. The van der Waals surface area contributed by atoms with Crippen LogP contribution in [0.4, 0.5) is 0 Å². The predicted octanol–water partition coefficient (Wildman–Crippen LogP) is 4.14. The quantitative estimate of drug-likeness (QED) is 0.499. The Kier molecular flexibility index (Phi) is 4.82. The molecule has 0 radical (unpaired) electrons. The topological polar surface area (TPSA) is 57.3 Å². The maximum absolute atomic E-state index is 11.9. The van der Waals surface area contributed by atoms with Gasteiger partial charge in [0, 0.05) is 18.3 Å². The molecule has 24 heavy (non-hydrogen) atoms. The molecule has 5 nitrogen and oxygen atoms in total. The van der Waals surface area contributed by atoms with Crippen molar-refractivity contribution in [2.75, 3.05) is 0 Å². The van der Waals surface area contributed by atoms with Gasteiger partial charge in [-0.2, -0.15) is 5.10 Å². The minimum atomic E-state index is -0.177. The van der Waals surface area contributed by atoms with Gasteiger partial charge in [-0.3, -0.25) is 9.48 Å². The Morgan fingerprint density at radius 3 is 2.96 bits per heavy atom. The van der Waals surface area contributed by atoms with Crippen molar-refractivity contribution < 1.29 is 13.9 Å². The Bertz CT molecular complexity index is 880. The van der Waals surface area contributed by atoms with E-state index < -0.39 is 0 Å². The molecule has 2 heterocycles. The molecule has 0 bridgehead atoms. The van der Waals surface area contributed by atoms with Crippen molar-refractivity contribution in [3.8, 4) is 5.75 Å². The third kappa shape index (κ3) is 4.14. The van der Waals surface area contributed by atoms with E-state index in [1.807, 2.05) is 12.1 Å². The van der Waals surface area contributed by atoms with E-state index in [2.05, 4.69) is 5.10 Å². The molecule has 0 amide bonds. The van der Waals surface area contributed by atoms with Crippen LogP contribution in [0, 0.1) is 0 Å². The van der Waals surface area contributed by atoms with E-state index in [1.165, 1.54) is 6.08 Å². The molecule has 0 aliphatic rings. The fourth-order valence-corrected chi connectivity index (χ4v) is 2.24. The molecule has 0 saturated heterocycles. The number of rotatable bonds is 6. The van der Waals surface area contributed by atoms with E-state index in [0.29, 0.717) is 28.0 Å². The highest BCUT2D eigenvalue weighted by atomic mass is 35.5.